The van der Waals surface area contributed by atoms with Crippen LogP contribution in [0.5, 0.6) is 5.75 Å². The van der Waals surface area contributed by atoms with Crippen LogP contribution in [-0.2, 0) is 4.79 Å². The number of hydrogen-bond acceptors (Lipinski definition) is 6. The molecule has 1 aliphatic rings. The first kappa shape index (κ1) is 20.6. The highest BCUT2D eigenvalue weighted by Crippen LogP contribution is 2.22. The Balaban J connectivity index is 1.30. The first-order chi connectivity index (χ1) is 13.6. The van der Waals surface area contributed by atoms with Gasteiger partial charge in [0.25, 0.3) is 0 Å². The highest BCUT2D eigenvalue weighted by atomic mass is 35.5. The molecule has 1 N–H and O–H groups in total. The molecule has 1 aromatic carbocycles. The molecule has 3 rings (SSSR count). The monoisotopic (exact) mass is 418 g/mol. The highest BCUT2D eigenvalue weighted by molar-refractivity contribution is 7.14. The van der Waals surface area contributed by atoms with E-state index < -0.39 is 0 Å². The number of piperazine rings is 1. The van der Waals surface area contributed by atoms with Gasteiger partial charge in [0.1, 0.15) is 23.4 Å². The van der Waals surface area contributed by atoms with Gasteiger partial charge in [0.15, 0.2) is 0 Å². The molecule has 0 spiro atoms. The Bertz CT molecular complexity index is 810. The van der Waals surface area contributed by atoms with Crippen molar-refractivity contribution in [3.05, 3.63) is 46.3 Å². The molecule has 0 unspecified atom stereocenters. The van der Waals surface area contributed by atoms with Crippen LogP contribution < -0.4 is 10.1 Å². The van der Waals surface area contributed by atoms with Crippen molar-refractivity contribution in [2.75, 3.05) is 51.2 Å². The largest absolute Gasteiger partial charge is 0.492 e. The molecular formula is C20H23ClN4O2S. The lowest BCUT2D eigenvalue weighted by Crippen LogP contribution is -2.48. The quantitative estimate of drug-likeness (QED) is 0.712. The molecule has 28 heavy (non-hydrogen) atoms. The van der Waals surface area contributed by atoms with Crippen LogP contribution in [0.1, 0.15) is 12.0 Å². The van der Waals surface area contributed by atoms with Gasteiger partial charge in [-0.05, 0) is 35.7 Å². The van der Waals surface area contributed by atoms with E-state index in [1.54, 1.807) is 6.07 Å². The molecule has 0 aliphatic carbocycles. The fourth-order valence-corrected chi connectivity index (χ4v) is 3.88. The molecule has 6 nitrogen and oxygen atoms in total. The van der Waals surface area contributed by atoms with Crippen LogP contribution in [0.2, 0.25) is 5.02 Å². The van der Waals surface area contributed by atoms with Gasteiger partial charge in [-0.25, -0.2) is 0 Å². The number of nitrogens with zero attached hydrogens (tertiary/aromatic N) is 3. The molecule has 8 heteroatoms. The first-order valence-corrected chi connectivity index (χ1v) is 10.5. The number of halogens is 1. The van der Waals surface area contributed by atoms with Gasteiger partial charge >= 0.3 is 0 Å². The molecule has 1 saturated heterocycles. The Morgan fingerprint density at radius 1 is 1.14 bits per heavy atom. The summed E-state index contributed by atoms with van der Waals surface area (Å²) in [6, 6.07) is 11.2. The number of anilines is 1. The van der Waals surface area contributed by atoms with Crippen LogP contribution in [0.25, 0.3) is 0 Å². The Labute approximate surface area is 174 Å². The van der Waals surface area contributed by atoms with Gasteiger partial charge in [-0.3, -0.25) is 9.69 Å². The molecule has 1 aliphatic heterocycles. The van der Waals surface area contributed by atoms with Gasteiger partial charge in [0, 0.05) is 50.7 Å². The van der Waals surface area contributed by atoms with Crippen molar-refractivity contribution in [1.82, 2.24) is 9.80 Å². The minimum atomic E-state index is -0.0438. The van der Waals surface area contributed by atoms with E-state index in [9.17, 15) is 4.79 Å². The molecule has 2 aromatic rings. The molecule has 0 saturated carbocycles. The van der Waals surface area contributed by atoms with Gasteiger partial charge in [-0.2, -0.15) is 5.26 Å². The van der Waals surface area contributed by atoms with Crippen LogP contribution in [0.15, 0.2) is 35.7 Å². The summed E-state index contributed by atoms with van der Waals surface area (Å²) >= 11 is 7.25. The number of carbonyl (C=O) groups excluding carboxylic acids is 1. The predicted molar refractivity (Wildman–Crippen MR) is 112 cm³/mol. The first-order valence-electron chi connectivity index (χ1n) is 9.24. The van der Waals surface area contributed by atoms with E-state index in [1.807, 2.05) is 29.6 Å². The van der Waals surface area contributed by atoms with Crippen molar-refractivity contribution in [1.29, 1.82) is 5.26 Å². The normalized spacial score (nSPS) is 15.1. The smallest absolute Gasteiger partial charge is 0.226 e. The summed E-state index contributed by atoms with van der Waals surface area (Å²) in [6.45, 7) is 6.07. The van der Waals surface area contributed by atoms with E-state index in [0.717, 1.165) is 45.0 Å². The zero-order valence-corrected chi connectivity index (χ0v) is 17.1. The number of thiophene rings is 1. The summed E-state index contributed by atoms with van der Waals surface area (Å²) in [5, 5.41) is 15.0. The molecule has 0 radical (unpaired) electrons. The second kappa shape index (κ2) is 10.4. The maximum absolute atomic E-state index is 12.1. The minimum absolute atomic E-state index is 0.0438. The average Bonchev–Trinajstić information content (AvgIpc) is 3.16. The third kappa shape index (κ3) is 6.21. The third-order valence-electron chi connectivity index (χ3n) is 4.65. The van der Waals surface area contributed by atoms with E-state index in [2.05, 4.69) is 21.2 Å². The summed E-state index contributed by atoms with van der Waals surface area (Å²) in [4.78, 5) is 16.8. The number of benzene rings is 1. The summed E-state index contributed by atoms with van der Waals surface area (Å²) in [5.74, 6) is 0.789. The number of rotatable bonds is 8. The number of nitriles is 1. The number of carbonyl (C=O) groups is 1. The summed E-state index contributed by atoms with van der Waals surface area (Å²) in [5.41, 5.74) is 0.521. The SMILES string of the molecule is N#Cc1ccsc1NC(=O)CCN1CCN(CCOc2ccc(Cl)cc2)CC1. The van der Waals surface area contributed by atoms with Crippen molar-refractivity contribution in [2.45, 2.75) is 6.42 Å². The van der Waals surface area contributed by atoms with Gasteiger partial charge in [-0.1, -0.05) is 11.6 Å². The zero-order valence-electron chi connectivity index (χ0n) is 15.6. The van der Waals surface area contributed by atoms with Crippen LogP contribution in [-0.4, -0.2) is 61.6 Å². The summed E-state index contributed by atoms with van der Waals surface area (Å²) in [7, 11) is 0. The third-order valence-corrected chi connectivity index (χ3v) is 5.73. The number of nitrogens with one attached hydrogen (secondary N) is 1. The lowest BCUT2D eigenvalue weighted by atomic mass is 10.2. The van der Waals surface area contributed by atoms with Crippen LogP contribution in [0.4, 0.5) is 5.00 Å². The molecule has 1 amide bonds. The fourth-order valence-electron chi connectivity index (χ4n) is 3.00. The number of amides is 1. The molecule has 1 fully saturated rings. The maximum Gasteiger partial charge on any atom is 0.226 e. The Morgan fingerprint density at radius 3 is 2.50 bits per heavy atom. The molecule has 148 valence electrons. The molecule has 1 aromatic heterocycles. The second-order valence-corrected chi connectivity index (χ2v) is 7.91. The van der Waals surface area contributed by atoms with Crippen LogP contribution in [0.3, 0.4) is 0 Å². The number of ether oxygens (including phenoxy) is 1. The molecule has 2 heterocycles. The van der Waals surface area contributed by atoms with Gasteiger partial charge in [0.2, 0.25) is 5.91 Å². The average molecular weight is 419 g/mol. The van der Waals surface area contributed by atoms with E-state index in [1.165, 1.54) is 11.3 Å². The van der Waals surface area contributed by atoms with E-state index in [0.29, 0.717) is 28.6 Å². The lowest BCUT2D eigenvalue weighted by molar-refractivity contribution is -0.116. The molecule has 0 atom stereocenters. The van der Waals surface area contributed by atoms with Crippen molar-refractivity contribution >= 4 is 33.8 Å². The van der Waals surface area contributed by atoms with Gasteiger partial charge in [0.05, 0.1) is 5.56 Å². The second-order valence-electron chi connectivity index (χ2n) is 6.56. The van der Waals surface area contributed by atoms with Crippen molar-refractivity contribution in [2.24, 2.45) is 0 Å². The summed E-state index contributed by atoms with van der Waals surface area (Å²) in [6.07, 6.45) is 0.433. The van der Waals surface area contributed by atoms with Crippen molar-refractivity contribution < 1.29 is 9.53 Å². The van der Waals surface area contributed by atoms with E-state index >= 15 is 0 Å². The summed E-state index contributed by atoms with van der Waals surface area (Å²) < 4.78 is 5.75. The van der Waals surface area contributed by atoms with E-state index in [4.69, 9.17) is 21.6 Å². The zero-order chi connectivity index (χ0) is 19.8. The van der Waals surface area contributed by atoms with Crippen molar-refractivity contribution in [3.8, 4) is 11.8 Å². The highest BCUT2D eigenvalue weighted by Gasteiger charge is 2.17. The van der Waals surface area contributed by atoms with Crippen LogP contribution in [0, 0.1) is 11.3 Å². The lowest BCUT2D eigenvalue weighted by Gasteiger charge is -2.34. The predicted octanol–water partition coefficient (Wildman–Crippen LogP) is 3.30. The molecular weight excluding hydrogens is 396 g/mol. The van der Waals surface area contributed by atoms with Gasteiger partial charge in [-0.15, -0.1) is 11.3 Å². The molecule has 0 bridgehead atoms. The fraction of sp³-hybridized carbons (Fsp3) is 0.400. The topological polar surface area (TPSA) is 68.6 Å². The Morgan fingerprint density at radius 2 is 1.82 bits per heavy atom. The van der Waals surface area contributed by atoms with Crippen molar-refractivity contribution in [3.63, 3.8) is 0 Å². The van der Waals surface area contributed by atoms with E-state index in [-0.39, 0.29) is 5.91 Å². The van der Waals surface area contributed by atoms with Gasteiger partial charge < -0.3 is 15.0 Å². The standard InChI is InChI=1S/C20H23ClN4O2S/c21-17-1-3-18(4-2-17)27-13-12-25-10-8-24(9-11-25)7-5-19(26)23-20-16(15-22)6-14-28-20/h1-4,6,14H,5,7-13H2,(H,23,26). The maximum atomic E-state index is 12.1. The Kier molecular flexibility index (Phi) is 7.69. The Hall–Kier alpha value is -2.11. The minimum Gasteiger partial charge on any atom is -0.492 e. The van der Waals surface area contributed by atoms with Crippen LogP contribution >= 0.6 is 22.9 Å². The number of hydrogen-bond donors (Lipinski definition) is 1.